The van der Waals surface area contributed by atoms with E-state index in [0.717, 1.165) is 30.7 Å². The number of fused-ring (bicyclic) bond motifs is 1. The molecule has 15 heavy (non-hydrogen) atoms. The minimum absolute atomic E-state index is 0.374. The molecule has 1 heterocycles. The molecule has 4 heteroatoms. The van der Waals surface area contributed by atoms with Gasteiger partial charge in [-0.05, 0) is 19.4 Å². The summed E-state index contributed by atoms with van der Waals surface area (Å²) in [5.41, 5.74) is 1.80. The maximum Gasteiger partial charge on any atom is 0.498 e. The highest BCUT2D eigenvalue weighted by Crippen LogP contribution is 2.27. The second-order valence-corrected chi connectivity index (χ2v) is 4.44. The molecule has 82 valence electrons. The van der Waals surface area contributed by atoms with Crippen molar-refractivity contribution in [2.45, 2.75) is 20.4 Å². The van der Waals surface area contributed by atoms with E-state index in [1.54, 1.807) is 0 Å². The van der Waals surface area contributed by atoms with Crippen molar-refractivity contribution in [3.05, 3.63) is 29.8 Å². The highest BCUT2D eigenvalue weighted by atomic mass is 16.4. The zero-order valence-corrected chi connectivity index (χ0v) is 9.35. The van der Waals surface area contributed by atoms with Gasteiger partial charge in [0.15, 0.2) is 0 Å². The Bertz CT molecular complexity index is 375. The number of quaternary nitrogens is 1. The van der Waals surface area contributed by atoms with Crippen LogP contribution in [0.15, 0.2) is 24.3 Å². The van der Waals surface area contributed by atoms with Gasteiger partial charge >= 0.3 is 6.69 Å². The van der Waals surface area contributed by atoms with E-state index in [4.69, 9.17) is 0 Å². The van der Waals surface area contributed by atoms with Gasteiger partial charge in [-0.25, -0.2) is 0 Å². The van der Waals surface area contributed by atoms with Crippen LogP contribution in [0.2, 0.25) is 0 Å². The molecule has 1 aromatic rings. The number of hydrogen-bond acceptors (Lipinski definition) is 2. The van der Waals surface area contributed by atoms with Crippen molar-refractivity contribution in [1.82, 2.24) is 0 Å². The second-order valence-electron chi connectivity index (χ2n) is 4.44. The minimum atomic E-state index is -2.43. The summed E-state index contributed by atoms with van der Waals surface area (Å²) in [5, 5.41) is 20.7. The van der Waals surface area contributed by atoms with E-state index >= 15 is 0 Å². The summed E-state index contributed by atoms with van der Waals surface area (Å²) in [4.78, 5) is 0. The Morgan fingerprint density at radius 2 is 1.80 bits per heavy atom. The number of hydrogen-bond donors (Lipinski definition) is 2. The van der Waals surface area contributed by atoms with Crippen LogP contribution in [-0.2, 0) is 6.54 Å². The summed E-state index contributed by atoms with van der Waals surface area (Å²) in [6, 6.07) is 7.65. The van der Waals surface area contributed by atoms with Crippen molar-refractivity contribution in [2.75, 3.05) is 13.1 Å². The predicted molar refractivity (Wildman–Crippen MR) is 61.3 cm³/mol. The molecule has 1 aromatic carbocycles. The Balaban J connectivity index is 2.55. The highest BCUT2D eigenvalue weighted by molar-refractivity contribution is 6.73. The average Bonchev–Trinajstić information content (AvgIpc) is 2.48. The Morgan fingerprint density at radius 3 is 2.33 bits per heavy atom. The van der Waals surface area contributed by atoms with Crippen LogP contribution in [0.5, 0.6) is 0 Å². The normalized spacial score (nSPS) is 21.3. The van der Waals surface area contributed by atoms with E-state index in [1.165, 1.54) is 0 Å². The van der Waals surface area contributed by atoms with Crippen molar-refractivity contribution in [2.24, 2.45) is 0 Å². The van der Waals surface area contributed by atoms with E-state index in [-0.39, 0.29) is 0 Å². The largest absolute Gasteiger partial charge is 0.524 e. The fourth-order valence-electron chi connectivity index (χ4n) is 2.77. The molecule has 0 saturated heterocycles. The lowest BCUT2D eigenvalue weighted by Gasteiger charge is -2.48. The number of rotatable bonds is 2. The van der Waals surface area contributed by atoms with Gasteiger partial charge in [-0.1, -0.05) is 29.7 Å². The molecule has 0 unspecified atom stereocenters. The average molecular weight is 207 g/mol. The van der Waals surface area contributed by atoms with Crippen LogP contribution >= 0.6 is 0 Å². The van der Waals surface area contributed by atoms with Gasteiger partial charge in [-0.15, -0.1) is 0 Å². The second kappa shape index (κ2) is 3.34. The Morgan fingerprint density at radius 1 is 1.20 bits per heavy atom. The van der Waals surface area contributed by atoms with E-state index in [1.807, 2.05) is 38.1 Å². The minimum Gasteiger partial charge on any atom is -0.524 e. The van der Waals surface area contributed by atoms with Crippen LogP contribution in [0, 0.1) is 0 Å². The van der Waals surface area contributed by atoms with Gasteiger partial charge in [-0.3, -0.25) is 0 Å². The van der Waals surface area contributed by atoms with Crippen LogP contribution in [0.4, 0.5) is 0 Å². The third kappa shape index (κ3) is 1.25. The van der Waals surface area contributed by atoms with Crippen LogP contribution in [0.1, 0.15) is 19.4 Å². The SMILES string of the molecule is CC[N+]1(CC)Cc2ccccc2[B-]1(O)O. The smallest absolute Gasteiger partial charge is 0.498 e. The number of benzene rings is 1. The summed E-state index contributed by atoms with van der Waals surface area (Å²) in [6.45, 7) is 3.82. The monoisotopic (exact) mass is 207 g/mol. The van der Waals surface area contributed by atoms with E-state index in [0.29, 0.717) is 4.39 Å². The molecule has 0 saturated carbocycles. The molecule has 2 N–H and O–H groups in total. The Hall–Kier alpha value is -0.835. The molecule has 1 aliphatic rings. The quantitative estimate of drug-likeness (QED) is 0.679. The molecule has 2 rings (SSSR count). The predicted octanol–water partition coefficient (Wildman–Crippen LogP) is 0.187. The first-order chi connectivity index (χ1) is 7.07. The van der Waals surface area contributed by atoms with Gasteiger partial charge < -0.3 is 14.4 Å². The van der Waals surface area contributed by atoms with Crippen LogP contribution in [0.25, 0.3) is 0 Å². The van der Waals surface area contributed by atoms with Gasteiger partial charge in [0.1, 0.15) is 0 Å². The zero-order chi connectivity index (χ0) is 11.1. The lowest BCUT2D eigenvalue weighted by atomic mass is 9.62. The van der Waals surface area contributed by atoms with Crippen LogP contribution < -0.4 is 5.46 Å². The fraction of sp³-hybridized carbons (Fsp3) is 0.455. The summed E-state index contributed by atoms with van der Waals surface area (Å²) < 4.78 is 0.374. The third-order valence-electron chi connectivity index (χ3n) is 3.98. The van der Waals surface area contributed by atoms with Crippen LogP contribution in [0.3, 0.4) is 0 Å². The molecule has 1 aliphatic heterocycles. The third-order valence-corrected chi connectivity index (χ3v) is 3.98. The topological polar surface area (TPSA) is 40.5 Å². The first-order valence-electron chi connectivity index (χ1n) is 5.61. The standard InChI is InChI=1S/C11H18BNO2/c1-3-13(4-2)9-10-7-5-6-8-11(10)12(13,14)15/h5-8,14-15H,3-4,9H2,1-2H3. The molecule has 0 fully saturated rings. The zero-order valence-electron chi connectivity index (χ0n) is 9.35. The van der Waals surface area contributed by atoms with E-state index in [9.17, 15) is 10.0 Å². The van der Waals surface area contributed by atoms with Crippen molar-refractivity contribution >= 4 is 12.1 Å². The van der Waals surface area contributed by atoms with Gasteiger partial charge in [0.05, 0.1) is 6.54 Å². The van der Waals surface area contributed by atoms with E-state index < -0.39 is 6.69 Å². The van der Waals surface area contributed by atoms with Gasteiger partial charge in [0.2, 0.25) is 0 Å². The van der Waals surface area contributed by atoms with Crippen molar-refractivity contribution < 1.29 is 14.4 Å². The molecule has 0 bridgehead atoms. The highest BCUT2D eigenvalue weighted by Gasteiger charge is 2.51. The van der Waals surface area contributed by atoms with Crippen molar-refractivity contribution in [1.29, 1.82) is 0 Å². The molecular formula is C11H18BNO2. The Labute approximate surface area is 90.6 Å². The summed E-state index contributed by atoms with van der Waals surface area (Å²) in [7, 11) is 0. The molecule has 0 amide bonds. The Kier molecular flexibility index (Phi) is 2.37. The first kappa shape index (κ1) is 10.7. The maximum absolute atomic E-state index is 10.3. The molecule has 0 aromatic heterocycles. The van der Waals surface area contributed by atoms with E-state index in [2.05, 4.69) is 0 Å². The fourth-order valence-corrected chi connectivity index (χ4v) is 2.77. The van der Waals surface area contributed by atoms with Crippen molar-refractivity contribution in [3.8, 4) is 0 Å². The molecule has 0 spiro atoms. The lowest BCUT2D eigenvalue weighted by Crippen LogP contribution is -2.70. The molecule has 0 aliphatic carbocycles. The van der Waals surface area contributed by atoms with Gasteiger partial charge in [0.25, 0.3) is 0 Å². The lowest BCUT2D eigenvalue weighted by molar-refractivity contribution is -0.853. The molecular weight excluding hydrogens is 189 g/mol. The first-order valence-corrected chi connectivity index (χ1v) is 5.61. The summed E-state index contributed by atoms with van der Waals surface area (Å²) >= 11 is 0. The molecule has 0 radical (unpaired) electrons. The van der Waals surface area contributed by atoms with Crippen molar-refractivity contribution in [3.63, 3.8) is 0 Å². The summed E-state index contributed by atoms with van der Waals surface area (Å²) in [5.74, 6) is 0. The maximum atomic E-state index is 10.3. The molecule has 3 nitrogen and oxygen atoms in total. The van der Waals surface area contributed by atoms with Gasteiger partial charge in [0, 0.05) is 13.1 Å². The number of nitrogens with zero attached hydrogens (tertiary/aromatic N) is 1. The van der Waals surface area contributed by atoms with Gasteiger partial charge in [-0.2, -0.15) is 0 Å². The van der Waals surface area contributed by atoms with Crippen LogP contribution in [-0.4, -0.2) is 34.2 Å². The molecule has 0 atom stereocenters. The summed E-state index contributed by atoms with van der Waals surface area (Å²) in [6.07, 6.45) is 0.